The Labute approximate surface area is 89.8 Å². The molecule has 15 heavy (non-hydrogen) atoms. The zero-order chi connectivity index (χ0) is 10.4. The van der Waals surface area contributed by atoms with Crippen LogP contribution in [-0.2, 0) is 6.42 Å². The molecule has 0 radical (unpaired) electrons. The largest absolute Gasteiger partial charge is 0.294 e. The molecule has 1 aromatic carbocycles. The lowest BCUT2D eigenvalue weighted by molar-refractivity contribution is 0.0884. The Morgan fingerprint density at radius 2 is 2.20 bits per heavy atom. The molecule has 2 atom stereocenters. The van der Waals surface area contributed by atoms with Gasteiger partial charge in [0, 0.05) is 11.5 Å². The van der Waals surface area contributed by atoms with Gasteiger partial charge in [-0.25, -0.2) is 0 Å². The number of carbonyl (C=O) groups is 1. The summed E-state index contributed by atoms with van der Waals surface area (Å²) in [5.74, 6) is 1.06. The molecule has 0 spiro atoms. The second-order valence-corrected chi connectivity index (χ2v) is 4.66. The van der Waals surface area contributed by atoms with Gasteiger partial charge in [-0.2, -0.15) is 0 Å². The zero-order valence-electron chi connectivity index (χ0n) is 8.86. The summed E-state index contributed by atoms with van der Waals surface area (Å²) in [6.07, 6.45) is 6.36. The van der Waals surface area contributed by atoms with Gasteiger partial charge in [0.25, 0.3) is 0 Å². The fourth-order valence-electron chi connectivity index (χ4n) is 2.77. The third-order valence-corrected chi connectivity index (χ3v) is 3.61. The van der Waals surface area contributed by atoms with Crippen LogP contribution in [0, 0.1) is 18.8 Å². The van der Waals surface area contributed by atoms with Crippen molar-refractivity contribution in [3.05, 3.63) is 47.0 Å². The summed E-state index contributed by atoms with van der Waals surface area (Å²) in [7, 11) is 0. The smallest absolute Gasteiger partial charge is 0.167 e. The summed E-state index contributed by atoms with van der Waals surface area (Å²) < 4.78 is 0. The molecule has 0 aromatic heterocycles. The van der Waals surface area contributed by atoms with Gasteiger partial charge >= 0.3 is 0 Å². The van der Waals surface area contributed by atoms with Gasteiger partial charge < -0.3 is 0 Å². The second kappa shape index (κ2) is 3.06. The third kappa shape index (κ3) is 1.26. The van der Waals surface area contributed by atoms with E-state index in [1.807, 2.05) is 13.0 Å². The fourth-order valence-corrected chi connectivity index (χ4v) is 2.77. The van der Waals surface area contributed by atoms with Gasteiger partial charge in [-0.1, -0.05) is 29.8 Å². The first-order chi connectivity index (χ1) is 7.25. The van der Waals surface area contributed by atoms with Crippen LogP contribution < -0.4 is 0 Å². The molecule has 1 aromatic rings. The Bertz CT molecular complexity index is 456. The van der Waals surface area contributed by atoms with Crippen molar-refractivity contribution in [3.8, 4) is 0 Å². The van der Waals surface area contributed by atoms with Gasteiger partial charge in [0.05, 0.1) is 0 Å². The molecule has 0 saturated heterocycles. The number of aryl methyl sites for hydroxylation is 1. The maximum Gasteiger partial charge on any atom is 0.167 e. The van der Waals surface area contributed by atoms with Crippen molar-refractivity contribution in [2.24, 2.45) is 11.8 Å². The minimum atomic E-state index is 0.235. The molecule has 0 amide bonds. The average molecular weight is 198 g/mol. The van der Waals surface area contributed by atoms with E-state index in [2.05, 4.69) is 24.3 Å². The topological polar surface area (TPSA) is 17.1 Å². The first-order valence-electron chi connectivity index (χ1n) is 5.56. The standard InChI is InChI=1S/C14H14O/c1-9-5-6-11-8-10-3-2-4-12(10)14(15)13(11)7-9/h2-3,5-7,10,12H,4,8H2,1H3/t10-,12-/m1/s1. The zero-order valence-corrected chi connectivity index (χ0v) is 8.86. The molecule has 1 nitrogen and oxygen atoms in total. The van der Waals surface area contributed by atoms with Crippen molar-refractivity contribution in [3.63, 3.8) is 0 Å². The van der Waals surface area contributed by atoms with E-state index in [0.29, 0.717) is 11.7 Å². The predicted octanol–water partition coefficient (Wildman–Crippen LogP) is 2.93. The number of benzene rings is 1. The van der Waals surface area contributed by atoms with E-state index in [0.717, 1.165) is 18.4 Å². The Balaban J connectivity index is 2.11. The van der Waals surface area contributed by atoms with Gasteiger partial charge in [-0.05, 0) is 37.3 Å². The van der Waals surface area contributed by atoms with Crippen molar-refractivity contribution in [1.82, 2.24) is 0 Å². The van der Waals surface area contributed by atoms with Crippen LogP contribution in [0.4, 0.5) is 0 Å². The number of hydrogen-bond donors (Lipinski definition) is 0. The van der Waals surface area contributed by atoms with Crippen LogP contribution in [-0.4, -0.2) is 5.78 Å². The molecule has 76 valence electrons. The number of allylic oxidation sites excluding steroid dienone is 2. The number of rotatable bonds is 0. The van der Waals surface area contributed by atoms with E-state index in [1.165, 1.54) is 11.1 Å². The fraction of sp³-hybridized carbons (Fsp3) is 0.357. The highest BCUT2D eigenvalue weighted by atomic mass is 16.1. The van der Waals surface area contributed by atoms with Crippen molar-refractivity contribution in [1.29, 1.82) is 0 Å². The molecular weight excluding hydrogens is 184 g/mol. The van der Waals surface area contributed by atoms with Crippen LogP contribution in [0.3, 0.4) is 0 Å². The highest BCUT2D eigenvalue weighted by Crippen LogP contribution is 2.37. The predicted molar refractivity (Wildman–Crippen MR) is 60.0 cm³/mol. The average Bonchev–Trinajstić information content (AvgIpc) is 2.68. The number of hydrogen-bond acceptors (Lipinski definition) is 1. The number of Topliss-reactive ketones (excluding diaryl/α,β-unsaturated/α-hetero) is 1. The van der Waals surface area contributed by atoms with Crippen molar-refractivity contribution < 1.29 is 4.79 Å². The third-order valence-electron chi connectivity index (χ3n) is 3.61. The van der Waals surface area contributed by atoms with Gasteiger partial charge in [0.15, 0.2) is 5.78 Å². The molecule has 2 aliphatic rings. The first kappa shape index (κ1) is 8.90. The van der Waals surface area contributed by atoms with Crippen molar-refractivity contribution in [2.75, 3.05) is 0 Å². The lowest BCUT2D eigenvalue weighted by atomic mass is 9.76. The van der Waals surface area contributed by atoms with Gasteiger partial charge in [0.2, 0.25) is 0 Å². The lowest BCUT2D eigenvalue weighted by Crippen LogP contribution is -2.27. The van der Waals surface area contributed by atoms with E-state index >= 15 is 0 Å². The molecule has 0 saturated carbocycles. The van der Waals surface area contributed by atoms with Crippen LogP contribution in [0.5, 0.6) is 0 Å². The molecular formula is C14H14O. The molecule has 1 heteroatoms. The summed E-state index contributed by atoms with van der Waals surface area (Å²) in [6, 6.07) is 6.27. The molecule has 3 rings (SSSR count). The minimum absolute atomic E-state index is 0.235. The Morgan fingerprint density at radius 3 is 3.07 bits per heavy atom. The van der Waals surface area contributed by atoms with Crippen molar-refractivity contribution in [2.45, 2.75) is 19.8 Å². The molecule has 0 aliphatic heterocycles. The summed E-state index contributed by atoms with van der Waals surface area (Å²) in [5.41, 5.74) is 3.39. The van der Waals surface area contributed by atoms with E-state index in [-0.39, 0.29) is 5.92 Å². The number of fused-ring (bicyclic) bond motifs is 2. The normalized spacial score (nSPS) is 27.7. The SMILES string of the molecule is Cc1ccc2c(c1)C(=O)[C@@H]1CC=C[C@@H]1C2. The van der Waals surface area contributed by atoms with E-state index < -0.39 is 0 Å². The quantitative estimate of drug-likeness (QED) is 0.586. The number of ketones is 1. The Hall–Kier alpha value is -1.37. The first-order valence-corrected chi connectivity index (χ1v) is 5.56. The highest BCUT2D eigenvalue weighted by molar-refractivity contribution is 6.01. The molecule has 2 aliphatic carbocycles. The monoisotopic (exact) mass is 198 g/mol. The van der Waals surface area contributed by atoms with Crippen LogP contribution >= 0.6 is 0 Å². The minimum Gasteiger partial charge on any atom is -0.294 e. The van der Waals surface area contributed by atoms with Crippen LogP contribution in [0.25, 0.3) is 0 Å². The van der Waals surface area contributed by atoms with E-state index in [4.69, 9.17) is 0 Å². The van der Waals surface area contributed by atoms with Crippen LogP contribution in [0.1, 0.15) is 27.9 Å². The number of carbonyl (C=O) groups excluding carboxylic acids is 1. The molecule has 0 fully saturated rings. The molecule has 0 N–H and O–H groups in total. The van der Waals surface area contributed by atoms with Gasteiger partial charge in [-0.3, -0.25) is 4.79 Å². The second-order valence-electron chi connectivity index (χ2n) is 4.66. The summed E-state index contributed by atoms with van der Waals surface area (Å²) in [5, 5.41) is 0. The summed E-state index contributed by atoms with van der Waals surface area (Å²) in [6.45, 7) is 2.05. The summed E-state index contributed by atoms with van der Waals surface area (Å²) >= 11 is 0. The summed E-state index contributed by atoms with van der Waals surface area (Å²) in [4.78, 5) is 12.2. The molecule has 0 heterocycles. The highest BCUT2D eigenvalue weighted by Gasteiger charge is 2.35. The van der Waals surface area contributed by atoms with E-state index in [9.17, 15) is 4.79 Å². The lowest BCUT2D eigenvalue weighted by Gasteiger charge is -2.26. The maximum atomic E-state index is 12.2. The molecule has 0 bridgehead atoms. The maximum absolute atomic E-state index is 12.2. The van der Waals surface area contributed by atoms with Gasteiger partial charge in [-0.15, -0.1) is 0 Å². The Kier molecular flexibility index (Phi) is 1.82. The van der Waals surface area contributed by atoms with Crippen LogP contribution in [0.15, 0.2) is 30.4 Å². The van der Waals surface area contributed by atoms with Crippen molar-refractivity contribution >= 4 is 5.78 Å². The van der Waals surface area contributed by atoms with E-state index in [1.54, 1.807) is 0 Å². The van der Waals surface area contributed by atoms with Crippen LogP contribution in [0.2, 0.25) is 0 Å². The Morgan fingerprint density at radius 1 is 1.33 bits per heavy atom. The van der Waals surface area contributed by atoms with Gasteiger partial charge in [0.1, 0.15) is 0 Å². The molecule has 0 unspecified atom stereocenters.